The number of hydrogen-bond acceptors (Lipinski definition) is 4. The highest BCUT2D eigenvalue weighted by Crippen LogP contribution is 2.23. The Hall–Kier alpha value is -2.83. The maximum atomic E-state index is 12.7. The molecule has 0 radical (unpaired) electrons. The molecule has 6 nitrogen and oxygen atoms in total. The Labute approximate surface area is 177 Å². The SMILES string of the molecule is CC(=O)OCCn1ccc2c(NC(=O)Cc3ccc(Cl)cc3Cl)cccc2c1=O. The van der Waals surface area contributed by atoms with Crippen LogP contribution in [0.5, 0.6) is 0 Å². The number of nitrogens with zero attached hydrogens (tertiary/aromatic N) is 1. The number of anilines is 1. The van der Waals surface area contributed by atoms with Crippen molar-refractivity contribution in [3.05, 3.63) is 74.6 Å². The Morgan fingerprint density at radius 3 is 2.62 bits per heavy atom. The summed E-state index contributed by atoms with van der Waals surface area (Å²) < 4.78 is 6.35. The van der Waals surface area contributed by atoms with Gasteiger partial charge in [-0.1, -0.05) is 35.3 Å². The van der Waals surface area contributed by atoms with Crippen LogP contribution in [0.4, 0.5) is 5.69 Å². The molecular weight excluding hydrogens is 415 g/mol. The standard InChI is InChI=1S/C21H18Cl2N2O4/c1-13(26)29-10-9-25-8-7-16-17(21(25)28)3-2-4-19(16)24-20(27)11-14-5-6-15(22)12-18(14)23/h2-8,12H,9-11H2,1H3,(H,24,27). The van der Waals surface area contributed by atoms with Gasteiger partial charge in [0.2, 0.25) is 5.91 Å². The topological polar surface area (TPSA) is 77.4 Å². The van der Waals surface area contributed by atoms with E-state index in [2.05, 4.69) is 5.32 Å². The summed E-state index contributed by atoms with van der Waals surface area (Å²) in [5, 5.41) is 4.83. The van der Waals surface area contributed by atoms with E-state index in [0.29, 0.717) is 32.1 Å². The monoisotopic (exact) mass is 432 g/mol. The second-order valence-electron chi connectivity index (χ2n) is 6.38. The number of esters is 1. The Morgan fingerprint density at radius 2 is 1.90 bits per heavy atom. The lowest BCUT2D eigenvalue weighted by molar-refractivity contribution is -0.141. The molecule has 2 aromatic carbocycles. The first-order chi connectivity index (χ1) is 13.8. The summed E-state index contributed by atoms with van der Waals surface area (Å²) in [5.74, 6) is -0.662. The van der Waals surface area contributed by atoms with Crippen LogP contribution in [0, 0.1) is 0 Å². The fraction of sp³-hybridized carbons (Fsp3) is 0.190. The maximum Gasteiger partial charge on any atom is 0.302 e. The number of halogens is 2. The Bertz CT molecular complexity index is 1140. The van der Waals surface area contributed by atoms with Gasteiger partial charge in [-0.15, -0.1) is 0 Å². The molecule has 0 aliphatic rings. The lowest BCUT2D eigenvalue weighted by Crippen LogP contribution is -2.23. The molecule has 0 spiro atoms. The van der Waals surface area contributed by atoms with Crippen molar-refractivity contribution < 1.29 is 14.3 Å². The number of rotatable bonds is 6. The Balaban J connectivity index is 1.80. The lowest BCUT2D eigenvalue weighted by atomic mass is 10.1. The van der Waals surface area contributed by atoms with Crippen LogP contribution in [0.25, 0.3) is 10.8 Å². The molecule has 3 aromatic rings. The lowest BCUT2D eigenvalue weighted by Gasteiger charge is -2.12. The van der Waals surface area contributed by atoms with Gasteiger partial charge in [0.05, 0.1) is 13.0 Å². The molecule has 29 heavy (non-hydrogen) atoms. The largest absolute Gasteiger partial charge is 0.464 e. The fourth-order valence-corrected chi connectivity index (χ4v) is 3.40. The van der Waals surface area contributed by atoms with E-state index in [4.69, 9.17) is 27.9 Å². The summed E-state index contributed by atoms with van der Waals surface area (Å²) in [4.78, 5) is 36.1. The molecule has 1 heterocycles. The van der Waals surface area contributed by atoms with Crippen molar-refractivity contribution in [1.82, 2.24) is 4.57 Å². The third-order valence-corrected chi connectivity index (χ3v) is 4.88. The van der Waals surface area contributed by atoms with Gasteiger partial charge in [0, 0.05) is 39.6 Å². The minimum atomic E-state index is -0.398. The van der Waals surface area contributed by atoms with Crippen molar-refractivity contribution >= 4 is 51.5 Å². The molecule has 0 saturated heterocycles. The van der Waals surface area contributed by atoms with E-state index in [1.807, 2.05) is 0 Å². The van der Waals surface area contributed by atoms with Crippen molar-refractivity contribution in [2.75, 3.05) is 11.9 Å². The molecule has 0 unspecified atom stereocenters. The molecule has 0 fully saturated rings. The minimum Gasteiger partial charge on any atom is -0.464 e. The first-order valence-corrected chi connectivity index (χ1v) is 9.60. The Kier molecular flexibility index (Phi) is 6.56. The molecule has 1 amide bonds. The van der Waals surface area contributed by atoms with Gasteiger partial charge in [-0.05, 0) is 35.9 Å². The van der Waals surface area contributed by atoms with Gasteiger partial charge >= 0.3 is 5.97 Å². The average molecular weight is 433 g/mol. The summed E-state index contributed by atoms with van der Waals surface area (Å²) in [6.07, 6.45) is 1.69. The summed E-state index contributed by atoms with van der Waals surface area (Å²) >= 11 is 12.0. The van der Waals surface area contributed by atoms with E-state index >= 15 is 0 Å². The van der Waals surface area contributed by atoms with E-state index in [9.17, 15) is 14.4 Å². The van der Waals surface area contributed by atoms with Crippen molar-refractivity contribution in [2.45, 2.75) is 19.9 Å². The van der Waals surface area contributed by atoms with Crippen LogP contribution in [-0.4, -0.2) is 23.1 Å². The van der Waals surface area contributed by atoms with Crippen molar-refractivity contribution in [2.24, 2.45) is 0 Å². The maximum absolute atomic E-state index is 12.7. The van der Waals surface area contributed by atoms with E-state index in [1.54, 1.807) is 48.7 Å². The van der Waals surface area contributed by atoms with Crippen LogP contribution in [-0.2, 0) is 27.3 Å². The minimum absolute atomic E-state index is 0.0752. The van der Waals surface area contributed by atoms with Gasteiger partial charge in [0.1, 0.15) is 6.61 Å². The summed E-state index contributed by atoms with van der Waals surface area (Å²) in [6, 6.07) is 11.8. The third-order valence-electron chi connectivity index (χ3n) is 4.30. The number of benzene rings is 2. The molecule has 3 rings (SSSR count). The molecule has 1 N–H and O–H groups in total. The quantitative estimate of drug-likeness (QED) is 0.595. The van der Waals surface area contributed by atoms with E-state index in [-0.39, 0.29) is 31.0 Å². The highest BCUT2D eigenvalue weighted by Gasteiger charge is 2.12. The molecule has 150 valence electrons. The molecule has 1 aromatic heterocycles. The van der Waals surface area contributed by atoms with Crippen molar-refractivity contribution in [3.8, 4) is 0 Å². The zero-order chi connectivity index (χ0) is 21.0. The molecular formula is C21H18Cl2N2O4. The zero-order valence-electron chi connectivity index (χ0n) is 15.6. The highest BCUT2D eigenvalue weighted by atomic mass is 35.5. The van der Waals surface area contributed by atoms with Crippen molar-refractivity contribution in [1.29, 1.82) is 0 Å². The van der Waals surface area contributed by atoms with Gasteiger partial charge < -0.3 is 14.6 Å². The second-order valence-corrected chi connectivity index (χ2v) is 7.23. The molecule has 8 heteroatoms. The number of carbonyl (C=O) groups excluding carboxylic acids is 2. The molecule has 0 saturated carbocycles. The summed E-state index contributed by atoms with van der Waals surface area (Å²) in [7, 11) is 0. The second kappa shape index (κ2) is 9.11. The highest BCUT2D eigenvalue weighted by molar-refractivity contribution is 6.35. The fourth-order valence-electron chi connectivity index (χ4n) is 2.92. The number of amides is 1. The van der Waals surface area contributed by atoms with Crippen LogP contribution >= 0.6 is 23.2 Å². The number of fused-ring (bicyclic) bond motifs is 1. The van der Waals surface area contributed by atoms with E-state index in [0.717, 1.165) is 0 Å². The number of ether oxygens (including phenoxy) is 1. The predicted octanol–water partition coefficient (Wildman–Crippen LogP) is 4.05. The first kappa shape index (κ1) is 20.9. The smallest absolute Gasteiger partial charge is 0.302 e. The van der Waals surface area contributed by atoms with Crippen LogP contribution in [0.15, 0.2) is 53.5 Å². The Morgan fingerprint density at radius 1 is 1.10 bits per heavy atom. The normalized spacial score (nSPS) is 10.7. The zero-order valence-corrected chi connectivity index (χ0v) is 17.1. The number of aromatic nitrogens is 1. The van der Waals surface area contributed by atoms with Crippen LogP contribution in [0.3, 0.4) is 0 Å². The van der Waals surface area contributed by atoms with E-state index < -0.39 is 5.97 Å². The van der Waals surface area contributed by atoms with E-state index in [1.165, 1.54) is 11.5 Å². The number of carbonyl (C=O) groups is 2. The predicted molar refractivity (Wildman–Crippen MR) is 114 cm³/mol. The van der Waals surface area contributed by atoms with Gasteiger partial charge in [-0.2, -0.15) is 0 Å². The number of nitrogens with one attached hydrogen (secondary N) is 1. The van der Waals surface area contributed by atoms with Gasteiger partial charge in [-0.25, -0.2) is 0 Å². The molecule has 0 atom stereocenters. The molecule has 0 aliphatic carbocycles. The molecule has 0 aliphatic heterocycles. The van der Waals surface area contributed by atoms with Gasteiger partial charge in [0.15, 0.2) is 0 Å². The molecule has 0 bridgehead atoms. The third kappa shape index (κ3) is 5.16. The summed E-state index contributed by atoms with van der Waals surface area (Å²) in [5.41, 5.74) is 0.954. The average Bonchev–Trinajstić information content (AvgIpc) is 2.66. The van der Waals surface area contributed by atoms with Crippen molar-refractivity contribution in [3.63, 3.8) is 0 Å². The number of hydrogen-bond donors (Lipinski definition) is 1. The first-order valence-electron chi connectivity index (χ1n) is 8.84. The van der Waals surface area contributed by atoms with Crippen LogP contribution in [0.1, 0.15) is 12.5 Å². The van der Waals surface area contributed by atoms with Crippen LogP contribution < -0.4 is 10.9 Å². The number of pyridine rings is 1. The summed E-state index contributed by atoms with van der Waals surface area (Å²) in [6.45, 7) is 1.67. The van der Waals surface area contributed by atoms with Gasteiger partial charge in [-0.3, -0.25) is 14.4 Å². The van der Waals surface area contributed by atoms with Crippen LogP contribution in [0.2, 0.25) is 10.0 Å². The van der Waals surface area contributed by atoms with Gasteiger partial charge in [0.25, 0.3) is 5.56 Å².